The SMILES string of the molecule is Oc1ccc(C(CCc2ccccc2)c2ccc(O)c(-c3ccccc3)c2)cc1. The van der Waals surface area contributed by atoms with Crippen molar-refractivity contribution in [3.63, 3.8) is 0 Å². The summed E-state index contributed by atoms with van der Waals surface area (Å²) < 4.78 is 0. The molecule has 2 nitrogen and oxygen atoms in total. The molecule has 0 aromatic heterocycles. The van der Waals surface area contributed by atoms with Gasteiger partial charge in [-0.2, -0.15) is 0 Å². The van der Waals surface area contributed by atoms with Crippen LogP contribution in [0.3, 0.4) is 0 Å². The summed E-state index contributed by atoms with van der Waals surface area (Å²) in [7, 11) is 0. The van der Waals surface area contributed by atoms with Crippen LogP contribution in [-0.2, 0) is 6.42 Å². The number of benzene rings is 4. The molecule has 0 fully saturated rings. The van der Waals surface area contributed by atoms with Crippen molar-refractivity contribution in [2.45, 2.75) is 18.8 Å². The maximum atomic E-state index is 10.5. The van der Waals surface area contributed by atoms with E-state index in [1.165, 1.54) is 5.56 Å². The average Bonchev–Trinajstić information content (AvgIpc) is 2.77. The number of aromatic hydroxyl groups is 2. The summed E-state index contributed by atoms with van der Waals surface area (Å²) in [5, 5.41) is 20.2. The number of phenolic OH excluding ortho intramolecular Hbond substituents is 2. The van der Waals surface area contributed by atoms with Gasteiger partial charge < -0.3 is 10.2 Å². The molecule has 1 atom stereocenters. The first-order valence-electron chi connectivity index (χ1n) is 9.92. The second kappa shape index (κ2) is 8.66. The molecule has 0 heterocycles. The van der Waals surface area contributed by atoms with E-state index in [9.17, 15) is 10.2 Å². The van der Waals surface area contributed by atoms with Gasteiger partial charge in [0.1, 0.15) is 11.5 Å². The zero-order chi connectivity index (χ0) is 20.1. The smallest absolute Gasteiger partial charge is 0.123 e. The van der Waals surface area contributed by atoms with Crippen LogP contribution in [0.5, 0.6) is 11.5 Å². The van der Waals surface area contributed by atoms with Crippen LogP contribution < -0.4 is 0 Å². The lowest BCUT2D eigenvalue weighted by Crippen LogP contribution is -2.03. The molecule has 2 heteroatoms. The lowest BCUT2D eigenvalue weighted by atomic mass is 9.85. The van der Waals surface area contributed by atoms with Gasteiger partial charge in [-0.05, 0) is 59.4 Å². The summed E-state index contributed by atoms with van der Waals surface area (Å²) in [6, 6.07) is 33.8. The number of aryl methyl sites for hydroxylation is 1. The van der Waals surface area contributed by atoms with Crippen molar-refractivity contribution < 1.29 is 10.2 Å². The van der Waals surface area contributed by atoms with Crippen LogP contribution in [-0.4, -0.2) is 10.2 Å². The molecule has 0 aliphatic rings. The largest absolute Gasteiger partial charge is 0.508 e. The minimum absolute atomic E-state index is 0.166. The molecule has 0 aliphatic carbocycles. The van der Waals surface area contributed by atoms with Gasteiger partial charge in [-0.15, -0.1) is 0 Å². The highest BCUT2D eigenvalue weighted by atomic mass is 16.3. The molecule has 0 aliphatic heterocycles. The van der Waals surface area contributed by atoms with Crippen molar-refractivity contribution in [3.05, 3.63) is 120 Å². The monoisotopic (exact) mass is 380 g/mol. The van der Waals surface area contributed by atoms with Crippen molar-refractivity contribution in [1.29, 1.82) is 0 Å². The highest BCUT2D eigenvalue weighted by molar-refractivity contribution is 5.71. The average molecular weight is 380 g/mol. The molecule has 2 N–H and O–H groups in total. The van der Waals surface area contributed by atoms with Gasteiger partial charge in [0.15, 0.2) is 0 Å². The Kier molecular flexibility index (Phi) is 5.62. The Morgan fingerprint density at radius 2 is 1.24 bits per heavy atom. The topological polar surface area (TPSA) is 40.5 Å². The Balaban J connectivity index is 1.71. The van der Waals surface area contributed by atoms with Crippen LogP contribution in [0.25, 0.3) is 11.1 Å². The van der Waals surface area contributed by atoms with E-state index in [-0.39, 0.29) is 17.4 Å². The van der Waals surface area contributed by atoms with Crippen LogP contribution in [0.2, 0.25) is 0 Å². The van der Waals surface area contributed by atoms with Gasteiger partial charge in [0.2, 0.25) is 0 Å². The Bertz CT molecular complexity index is 1050. The predicted molar refractivity (Wildman–Crippen MR) is 118 cm³/mol. The Morgan fingerprint density at radius 1 is 0.621 bits per heavy atom. The number of phenols is 2. The molecule has 0 radical (unpaired) electrons. The van der Waals surface area contributed by atoms with E-state index in [4.69, 9.17) is 0 Å². The molecule has 0 amide bonds. The second-order valence-electron chi connectivity index (χ2n) is 7.31. The zero-order valence-electron chi connectivity index (χ0n) is 16.2. The van der Waals surface area contributed by atoms with Gasteiger partial charge in [0.05, 0.1) is 0 Å². The van der Waals surface area contributed by atoms with Crippen molar-refractivity contribution in [1.82, 2.24) is 0 Å². The van der Waals surface area contributed by atoms with Gasteiger partial charge in [-0.1, -0.05) is 78.9 Å². The Morgan fingerprint density at radius 3 is 1.93 bits per heavy atom. The van der Waals surface area contributed by atoms with Gasteiger partial charge >= 0.3 is 0 Å². The lowest BCUT2D eigenvalue weighted by Gasteiger charge is -2.20. The van der Waals surface area contributed by atoms with E-state index in [2.05, 4.69) is 30.3 Å². The molecule has 0 saturated heterocycles. The fourth-order valence-corrected chi connectivity index (χ4v) is 3.81. The van der Waals surface area contributed by atoms with Gasteiger partial charge in [0, 0.05) is 11.5 Å². The minimum atomic E-state index is 0.166. The maximum Gasteiger partial charge on any atom is 0.123 e. The fraction of sp³-hybridized carbons (Fsp3) is 0.111. The molecule has 144 valence electrons. The second-order valence-corrected chi connectivity index (χ2v) is 7.31. The van der Waals surface area contributed by atoms with E-state index >= 15 is 0 Å². The highest BCUT2D eigenvalue weighted by Gasteiger charge is 2.17. The third-order valence-electron chi connectivity index (χ3n) is 5.37. The standard InChI is InChI=1S/C27H24O2/c28-24-15-12-22(13-16-24)25(17-11-20-7-3-1-4-8-20)23-14-18-27(29)26(19-23)21-9-5-2-6-10-21/h1-10,12-16,18-19,25,28-29H,11,17H2. The van der Waals surface area contributed by atoms with E-state index in [0.717, 1.165) is 35.1 Å². The molecular weight excluding hydrogens is 356 g/mol. The Labute approximate surface area is 171 Å². The summed E-state index contributed by atoms with van der Waals surface area (Å²) in [6.07, 6.45) is 1.89. The highest BCUT2D eigenvalue weighted by Crippen LogP contribution is 2.36. The minimum Gasteiger partial charge on any atom is -0.508 e. The fourth-order valence-electron chi connectivity index (χ4n) is 3.81. The number of rotatable bonds is 6. The lowest BCUT2D eigenvalue weighted by molar-refractivity contribution is 0.475. The molecule has 0 saturated carbocycles. The summed E-state index contributed by atoms with van der Waals surface area (Å²) in [6.45, 7) is 0. The molecular formula is C27H24O2. The predicted octanol–water partition coefficient (Wildman–Crippen LogP) is 6.53. The zero-order valence-corrected chi connectivity index (χ0v) is 16.2. The van der Waals surface area contributed by atoms with Crippen LogP contribution >= 0.6 is 0 Å². The van der Waals surface area contributed by atoms with Crippen LogP contribution in [0.15, 0.2) is 103 Å². The van der Waals surface area contributed by atoms with E-state index in [1.807, 2.05) is 54.6 Å². The first-order valence-corrected chi connectivity index (χ1v) is 9.92. The summed E-state index contributed by atoms with van der Waals surface area (Å²) in [5.41, 5.74) is 5.45. The molecule has 0 bridgehead atoms. The molecule has 4 aromatic carbocycles. The van der Waals surface area contributed by atoms with Gasteiger partial charge in [-0.25, -0.2) is 0 Å². The van der Waals surface area contributed by atoms with E-state index in [1.54, 1.807) is 18.2 Å². The van der Waals surface area contributed by atoms with Crippen molar-refractivity contribution >= 4 is 0 Å². The van der Waals surface area contributed by atoms with Crippen LogP contribution in [0, 0.1) is 0 Å². The van der Waals surface area contributed by atoms with Crippen molar-refractivity contribution in [2.75, 3.05) is 0 Å². The van der Waals surface area contributed by atoms with Crippen molar-refractivity contribution in [2.24, 2.45) is 0 Å². The molecule has 4 aromatic rings. The summed E-state index contributed by atoms with van der Waals surface area (Å²) in [5.74, 6) is 0.720. The number of hydrogen-bond donors (Lipinski definition) is 2. The van der Waals surface area contributed by atoms with Crippen LogP contribution in [0.4, 0.5) is 0 Å². The Hall–Kier alpha value is -3.52. The molecule has 4 rings (SSSR count). The normalized spacial score (nSPS) is 11.9. The van der Waals surface area contributed by atoms with E-state index in [0.29, 0.717) is 0 Å². The van der Waals surface area contributed by atoms with Gasteiger partial charge in [-0.3, -0.25) is 0 Å². The maximum absolute atomic E-state index is 10.5. The summed E-state index contributed by atoms with van der Waals surface area (Å²) in [4.78, 5) is 0. The van der Waals surface area contributed by atoms with E-state index < -0.39 is 0 Å². The molecule has 29 heavy (non-hydrogen) atoms. The number of hydrogen-bond acceptors (Lipinski definition) is 2. The van der Waals surface area contributed by atoms with Gasteiger partial charge in [0.25, 0.3) is 0 Å². The summed E-state index contributed by atoms with van der Waals surface area (Å²) >= 11 is 0. The quantitative estimate of drug-likeness (QED) is 0.399. The third kappa shape index (κ3) is 4.49. The van der Waals surface area contributed by atoms with Crippen LogP contribution in [0.1, 0.15) is 29.0 Å². The first kappa shape index (κ1) is 18.8. The van der Waals surface area contributed by atoms with Crippen molar-refractivity contribution in [3.8, 4) is 22.6 Å². The molecule has 1 unspecified atom stereocenters. The molecule has 0 spiro atoms. The third-order valence-corrected chi connectivity index (χ3v) is 5.37. The first-order chi connectivity index (χ1) is 14.2.